The molecule has 3 heterocycles. The van der Waals surface area contributed by atoms with Crippen LogP contribution in [-0.2, 0) is 13.0 Å². The molecular formula is C13H15N5OS. The van der Waals surface area contributed by atoms with E-state index in [1.54, 1.807) is 11.3 Å². The lowest BCUT2D eigenvalue weighted by Gasteiger charge is -2.03. The molecule has 0 aromatic carbocycles. The predicted molar refractivity (Wildman–Crippen MR) is 76.3 cm³/mol. The van der Waals surface area contributed by atoms with Crippen LogP contribution in [0.3, 0.4) is 0 Å². The highest BCUT2D eigenvalue weighted by molar-refractivity contribution is 7.13. The zero-order valence-electron chi connectivity index (χ0n) is 11.1. The third-order valence-corrected chi connectivity index (χ3v) is 3.77. The first-order valence-corrected chi connectivity index (χ1v) is 7.27. The minimum atomic E-state index is 0.667. The maximum atomic E-state index is 5.07. The molecule has 3 aromatic rings. The van der Waals surface area contributed by atoms with Crippen LogP contribution in [0.1, 0.15) is 17.3 Å². The number of hydrogen-bond acceptors (Lipinski definition) is 6. The molecule has 0 aliphatic rings. The summed E-state index contributed by atoms with van der Waals surface area (Å²) in [4.78, 5) is 5.37. The van der Waals surface area contributed by atoms with Gasteiger partial charge in [-0.15, -0.1) is 11.3 Å². The van der Waals surface area contributed by atoms with E-state index in [2.05, 4.69) is 37.1 Å². The fourth-order valence-electron chi connectivity index (χ4n) is 1.94. The van der Waals surface area contributed by atoms with Crippen LogP contribution >= 0.6 is 11.3 Å². The van der Waals surface area contributed by atoms with Crippen molar-refractivity contribution in [3.8, 4) is 10.6 Å². The van der Waals surface area contributed by atoms with Gasteiger partial charge in [0.25, 0.3) is 0 Å². The molecular weight excluding hydrogens is 274 g/mol. The largest absolute Gasteiger partial charge is 0.339 e. The molecule has 0 bridgehead atoms. The van der Waals surface area contributed by atoms with Gasteiger partial charge in [0, 0.05) is 25.1 Å². The third-order valence-electron chi connectivity index (χ3n) is 2.89. The summed E-state index contributed by atoms with van der Waals surface area (Å²) in [7, 11) is 0. The molecule has 0 amide bonds. The zero-order valence-corrected chi connectivity index (χ0v) is 11.9. The van der Waals surface area contributed by atoms with E-state index >= 15 is 0 Å². The maximum Gasteiger partial charge on any atom is 0.227 e. The Balaban J connectivity index is 1.53. The summed E-state index contributed by atoms with van der Waals surface area (Å²) in [5.74, 6) is 1.34. The van der Waals surface area contributed by atoms with Gasteiger partial charge in [-0.05, 0) is 18.4 Å². The number of hydrogen-bond donors (Lipinski definition) is 2. The molecule has 0 spiro atoms. The number of H-pyrrole nitrogens is 1. The quantitative estimate of drug-likeness (QED) is 0.680. The summed E-state index contributed by atoms with van der Waals surface area (Å²) in [6.45, 7) is 3.37. The second kappa shape index (κ2) is 5.98. The summed E-state index contributed by atoms with van der Waals surface area (Å²) in [5, 5.41) is 16.4. The van der Waals surface area contributed by atoms with E-state index in [-0.39, 0.29) is 0 Å². The first-order chi connectivity index (χ1) is 9.83. The first kappa shape index (κ1) is 13.0. The smallest absolute Gasteiger partial charge is 0.227 e. The van der Waals surface area contributed by atoms with E-state index in [9.17, 15) is 0 Å². The molecule has 3 aromatic heterocycles. The number of nitrogens with zero attached hydrogens (tertiary/aromatic N) is 3. The van der Waals surface area contributed by atoms with Crippen LogP contribution in [0.5, 0.6) is 0 Å². The minimum absolute atomic E-state index is 0.667. The Morgan fingerprint density at radius 3 is 3.15 bits per heavy atom. The number of rotatable bonds is 6. The molecule has 0 saturated heterocycles. The van der Waals surface area contributed by atoms with Gasteiger partial charge in [-0.2, -0.15) is 10.1 Å². The molecule has 0 aliphatic heterocycles. The number of aryl methyl sites for hydroxylation is 1. The van der Waals surface area contributed by atoms with Gasteiger partial charge in [-0.1, -0.05) is 11.2 Å². The van der Waals surface area contributed by atoms with Crippen molar-refractivity contribution in [2.24, 2.45) is 0 Å². The first-order valence-electron chi connectivity index (χ1n) is 6.39. The Hall–Kier alpha value is -1.99. The highest BCUT2D eigenvalue weighted by atomic mass is 32.1. The molecule has 0 radical (unpaired) electrons. The monoisotopic (exact) mass is 289 g/mol. The lowest BCUT2D eigenvalue weighted by molar-refractivity contribution is 0.372. The lowest BCUT2D eigenvalue weighted by atomic mass is 10.2. The van der Waals surface area contributed by atoms with E-state index < -0.39 is 0 Å². The van der Waals surface area contributed by atoms with E-state index in [0.29, 0.717) is 11.7 Å². The fraction of sp³-hybridized carbons (Fsp3) is 0.308. The average Bonchev–Trinajstić information content (AvgIpc) is 3.16. The van der Waals surface area contributed by atoms with Crippen molar-refractivity contribution >= 4 is 11.3 Å². The topological polar surface area (TPSA) is 79.6 Å². The Morgan fingerprint density at radius 2 is 2.40 bits per heavy atom. The second-order valence-electron chi connectivity index (χ2n) is 4.41. The van der Waals surface area contributed by atoms with Crippen molar-refractivity contribution in [2.45, 2.75) is 19.9 Å². The van der Waals surface area contributed by atoms with E-state index in [4.69, 9.17) is 4.52 Å². The highest BCUT2D eigenvalue weighted by Crippen LogP contribution is 2.25. The lowest BCUT2D eigenvalue weighted by Crippen LogP contribution is -2.16. The average molecular weight is 289 g/mol. The van der Waals surface area contributed by atoms with Crippen molar-refractivity contribution in [3.05, 3.63) is 41.0 Å². The van der Waals surface area contributed by atoms with Crippen LogP contribution in [-0.4, -0.2) is 26.9 Å². The number of nitrogens with one attached hydrogen (secondary N) is 2. The van der Waals surface area contributed by atoms with Crippen LogP contribution in [0.2, 0.25) is 0 Å². The van der Waals surface area contributed by atoms with Gasteiger partial charge < -0.3 is 9.84 Å². The van der Waals surface area contributed by atoms with Gasteiger partial charge >= 0.3 is 0 Å². The number of aromatic nitrogens is 4. The summed E-state index contributed by atoms with van der Waals surface area (Å²) in [6, 6.07) is 4.12. The van der Waals surface area contributed by atoms with Gasteiger partial charge in [0.15, 0.2) is 5.82 Å². The Bertz CT molecular complexity index is 658. The fourth-order valence-corrected chi connectivity index (χ4v) is 2.69. The van der Waals surface area contributed by atoms with Gasteiger partial charge in [0.2, 0.25) is 5.89 Å². The van der Waals surface area contributed by atoms with E-state index in [1.165, 1.54) is 4.88 Å². The van der Waals surface area contributed by atoms with Crippen LogP contribution < -0.4 is 5.32 Å². The zero-order chi connectivity index (χ0) is 13.8. The summed E-state index contributed by atoms with van der Waals surface area (Å²) in [5.41, 5.74) is 2.25. The Morgan fingerprint density at radius 1 is 1.45 bits per heavy atom. The molecule has 20 heavy (non-hydrogen) atoms. The number of aromatic amines is 1. The molecule has 0 saturated carbocycles. The standard InChI is InChI=1S/C13H15N5OS/c1-9-16-12(19-18-9)4-5-14-7-10-8-15-17-13(10)11-3-2-6-20-11/h2-3,6,8,14H,4-5,7H2,1H3,(H,15,17). The molecule has 104 valence electrons. The van der Waals surface area contributed by atoms with Crippen molar-refractivity contribution in [3.63, 3.8) is 0 Å². The highest BCUT2D eigenvalue weighted by Gasteiger charge is 2.08. The molecule has 6 nitrogen and oxygen atoms in total. The Kier molecular flexibility index (Phi) is 3.89. The van der Waals surface area contributed by atoms with E-state index in [1.807, 2.05) is 19.2 Å². The van der Waals surface area contributed by atoms with Crippen molar-refractivity contribution < 1.29 is 4.52 Å². The van der Waals surface area contributed by atoms with Gasteiger partial charge in [-0.25, -0.2) is 0 Å². The molecule has 0 aliphatic carbocycles. The number of thiophene rings is 1. The Labute approximate surface area is 120 Å². The van der Waals surface area contributed by atoms with Crippen molar-refractivity contribution in [2.75, 3.05) is 6.54 Å². The predicted octanol–water partition coefficient (Wildman–Crippen LogP) is 2.16. The molecule has 3 rings (SSSR count). The van der Waals surface area contributed by atoms with E-state index in [0.717, 1.165) is 30.8 Å². The third kappa shape index (κ3) is 2.94. The van der Waals surface area contributed by atoms with Crippen molar-refractivity contribution in [1.29, 1.82) is 0 Å². The SMILES string of the molecule is Cc1noc(CCNCc2cn[nH]c2-c2cccs2)n1. The molecule has 2 N–H and O–H groups in total. The van der Waals surface area contributed by atoms with Crippen LogP contribution in [0.4, 0.5) is 0 Å². The van der Waals surface area contributed by atoms with Crippen LogP contribution in [0.15, 0.2) is 28.2 Å². The minimum Gasteiger partial charge on any atom is -0.339 e. The van der Waals surface area contributed by atoms with Gasteiger partial charge in [0.05, 0.1) is 16.8 Å². The summed E-state index contributed by atoms with van der Waals surface area (Å²) >= 11 is 1.70. The van der Waals surface area contributed by atoms with Gasteiger partial charge in [0.1, 0.15) is 0 Å². The van der Waals surface area contributed by atoms with Gasteiger partial charge in [-0.3, -0.25) is 5.10 Å². The summed E-state index contributed by atoms with van der Waals surface area (Å²) < 4.78 is 5.07. The maximum absolute atomic E-state index is 5.07. The van der Waals surface area contributed by atoms with Crippen LogP contribution in [0, 0.1) is 6.92 Å². The molecule has 7 heteroatoms. The molecule has 0 atom stereocenters. The van der Waals surface area contributed by atoms with Crippen LogP contribution in [0.25, 0.3) is 10.6 Å². The summed E-state index contributed by atoms with van der Waals surface area (Å²) in [6.07, 6.45) is 2.59. The normalized spacial score (nSPS) is 11.1. The molecule has 0 unspecified atom stereocenters. The molecule has 0 fully saturated rings. The van der Waals surface area contributed by atoms with Crippen molar-refractivity contribution in [1.82, 2.24) is 25.7 Å². The second-order valence-corrected chi connectivity index (χ2v) is 5.36.